The Kier molecular flexibility index (Phi) is 8.23. The summed E-state index contributed by atoms with van der Waals surface area (Å²) in [7, 11) is 0. The zero-order valence-electron chi connectivity index (χ0n) is 22.6. The number of nitrogens with zero attached hydrogens (tertiary/aromatic N) is 1. The van der Waals surface area contributed by atoms with Gasteiger partial charge in [0.1, 0.15) is 5.75 Å². The van der Waals surface area contributed by atoms with Crippen molar-refractivity contribution in [3.05, 3.63) is 48.5 Å². The molecule has 11 nitrogen and oxygen atoms in total. The number of ketones is 2. The molecule has 0 spiro atoms. The smallest absolute Gasteiger partial charge is 0.418 e. The van der Waals surface area contributed by atoms with Crippen LogP contribution in [0, 0.1) is 5.41 Å². The minimum absolute atomic E-state index is 0.00245. The van der Waals surface area contributed by atoms with E-state index < -0.39 is 52.4 Å². The van der Waals surface area contributed by atoms with Crippen molar-refractivity contribution in [2.75, 3.05) is 10.6 Å². The third-order valence-corrected chi connectivity index (χ3v) is 5.81. The molecule has 0 saturated carbocycles. The lowest BCUT2D eigenvalue weighted by Gasteiger charge is -2.28. The van der Waals surface area contributed by atoms with E-state index in [4.69, 9.17) is 9.47 Å². The molecule has 0 aliphatic carbocycles. The molecule has 4 amide bonds. The van der Waals surface area contributed by atoms with Crippen LogP contribution in [-0.2, 0) is 28.7 Å². The van der Waals surface area contributed by atoms with Gasteiger partial charge in [0.2, 0.25) is 5.78 Å². The summed E-state index contributed by atoms with van der Waals surface area (Å²) in [5, 5.41) is 5.02. The van der Waals surface area contributed by atoms with E-state index in [1.54, 1.807) is 58.0 Å². The quantitative estimate of drug-likeness (QED) is 0.359. The maximum Gasteiger partial charge on any atom is 0.418 e. The molecule has 2 aromatic rings. The van der Waals surface area contributed by atoms with Gasteiger partial charge in [0.25, 0.3) is 17.7 Å². The number of anilines is 2. The van der Waals surface area contributed by atoms with Crippen molar-refractivity contribution in [2.45, 2.75) is 59.6 Å². The van der Waals surface area contributed by atoms with Crippen molar-refractivity contribution >= 4 is 46.8 Å². The van der Waals surface area contributed by atoms with E-state index in [1.165, 1.54) is 32.0 Å². The van der Waals surface area contributed by atoms with Crippen LogP contribution in [0.2, 0.25) is 0 Å². The molecule has 1 heterocycles. The van der Waals surface area contributed by atoms with Gasteiger partial charge in [-0.1, -0.05) is 45.9 Å². The molecule has 2 aromatic carbocycles. The molecule has 0 radical (unpaired) electrons. The first kappa shape index (κ1) is 29.0. The van der Waals surface area contributed by atoms with Gasteiger partial charge in [-0.25, -0.2) is 9.69 Å². The number of hydrogen-bond acceptors (Lipinski definition) is 8. The number of carbonyl (C=O) groups excluding carboxylic acids is 6. The molecule has 11 heteroatoms. The molecule has 1 aliphatic heterocycles. The van der Waals surface area contributed by atoms with E-state index >= 15 is 0 Å². The molecule has 0 aromatic heterocycles. The first-order chi connectivity index (χ1) is 18.2. The number of Topliss-reactive ketones (excluding diaryl/α,β-unsaturated/α-hetero) is 2. The number of rotatable bonds is 9. The van der Waals surface area contributed by atoms with E-state index in [0.717, 1.165) is 0 Å². The van der Waals surface area contributed by atoms with E-state index in [1.807, 2.05) is 0 Å². The zero-order valence-corrected chi connectivity index (χ0v) is 22.6. The molecule has 206 valence electrons. The summed E-state index contributed by atoms with van der Waals surface area (Å²) in [5.41, 5.74) is -2.51. The van der Waals surface area contributed by atoms with Crippen molar-refractivity contribution in [3.63, 3.8) is 0 Å². The van der Waals surface area contributed by atoms with Gasteiger partial charge in [0.05, 0.1) is 5.69 Å². The first-order valence-electron chi connectivity index (χ1n) is 12.3. The zero-order chi connectivity index (χ0) is 29.1. The summed E-state index contributed by atoms with van der Waals surface area (Å²) < 4.78 is 11.0. The van der Waals surface area contributed by atoms with Crippen molar-refractivity contribution in [1.29, 1.82) is 0 Å². The Balaban J connectivity index is 2.04. The molecular weight excluding hydrogens is 506 g/mol. The van der Waals surface area contributed by atoms with E-state index in [2.05, 4.69) is 10.6 Å². The molecule has 1 aliphatic rings. The van der Waals surface area contributed by atoms with Gasteiger partial charge in [-0.05, 0) is 44.2 Å². The van der Waals surface area contributed by atoms with Crippen molar-refractivity contribution < 1.29 is 38.2 Å². The lowest BCUT2D eigenvalue weighted by atomic mass is 9.85. The van der Waals surface area contributed by atoms with Crippen LogP contribution in [0.1, 0.15) is 48.0 Å². The largest absolute Gasteiger partial charge is 0.455 e. The number of carbonyl (C=O) groups is 6. The summed E-state index contributed by atoms with van der Waals surface area (Å²) in [6, 6.07) is 11.0. The fourth-order valence-electron chi connectivity index (χ4n) is 3.64. The van der Waals surface area contributed by atoms with Gasteiger partial charge in [0.15, 0.2) is 23.2 Å². The predicted molar refractivity (Wildman–Crippen MR) is 141 cm³/mol. The van der Waals surface area contributed by atoms with E-state index in [-0.39, 0.29) is 23.5 Å². The van der Waals surface area contributed by atoms with Crippen LogP contribution in [0.5, 0.6) is 11.5 Å². The van der Waals surface area contributed by atoms with Crippen LogP contribution in [-0.4, -0.2) is 51.9 Å². The highest BCUT2D eigenvalue weighted by atomic mass is 16.6. The minimum atomic E-state index is -1.85. The number of hydrogen-bond donors (Lipinski definition) is 2. The molecule has 1 atom stereocenters. The summed E-state index contributed by atoms with van der Waals surface area (Å²) in [4.78, 5) is 77.1. The van der Waals surface area contributed by atoms with Crippen molar-refractivity contribution in [3.8, 4) is 11.5 Å². The number of benzene rings is 2. The number of nitrogens with one attached hydrogen (secondary N) is 2. The highest BCUT2D eigenvalue weighted by Gasteiger charge is 2.55. The van der Waals surface area contributed by atoms with Gasteiger partial charge in [-0.3, -0.25) is 24.0 Å². The predicted octanol–water partition coefficient (Wildman–Crippen LogP) is 4.08. The van der Waals surface area contributed by atoms with Crippen LogP contribution in [0.25, 0.3) is 0 Å². The summed E-state index contributed by atoms with van der Waals surface area (Å²) in [6.45, 7) is 8.92. The number of ether oxygens (including phenoxy) is 2. The molecule has 1 saturated heterocycles. The fraction of sp³-hybridized carbons (Fsp3) is 0.357. The highest BCUT2D eigenvalue weighted by molar-refractivity contribution is 6.40. The molecule has 39 heavy (non-hydrogen) atoms. The molecule has 3 rings (SSSR count). The Labute approximate surface area is 225 Å². The van der Waals surface area contributed by atoms with Crippen molar-refractivity contribution in [1.82, 2.24) is 4.90 Å². The Morgan fingerprint density at radius 1 is 1.00 bits per heavy atom. The Morgan fingerprint density at radius 3 is 2.18 bits per heavy atom. The SMILES string of the molecule is CCC(=O)C(=O)Nc1ccc(Oc2ccccc2)c(NC(=O)C(C(=O)C(C)(C)C)N2C(=O)OC(C)(C)C2=O)c1. The number of para-hydroxylation sites is 1. The number of imide groups is 1. The third-order valence-electron chi connectivity index (χ3n) is 5.81. The number of amides is 4. The fourth-order valence-corrected chi connectivity index (χ4v) is 3.64. The Bertz CT molecular complexity index is 1330. The average molecular weight is 538 g/mol. The Morgan fingerprint density at radius 2 is 1.64 bits per heavy atom. The van der Waals surface area contributed by atoms with Crippen LogP contribution in [0.15, 0.2) is 48.5 Å². The van der Waals surface area contributed by atoms with Gasteiger partial charge in [0, 0.05) is 17.5 Å². The molecule has 0 bridgehead atoms. The van der Waals surface area contributed by atoms with Gasteiger partial charge in [-0.15, -0.1) is 0 Å². The van der Waals surface area contributed by atoms with Crippen LogP contribution < -0.4 is 15.4 Å². The lowest BCUT2D eigenvalue weighted by Crippen LogP contribution is -2.55. The number of cyclic esters (lactones) is 1. The average Bonchev–Trinajstić information content (AvgIpc) is 3.06. The van der Waals surface area contributed by atoms with E-state index in [0.29, 0.717) is 10.6 Å². The van der Waals surface area contributed by atoms with Crippen LogP contribution in [0.4, 0.5) is 16.2 Å². The Hall–Kier alpha value is -4.54. The highest BCUT2D eigenvalue weighted by Crippen LogP contribution is 2.34. The third kappa shape index (κ3) is 6.49. The van der Waals surface area contributed by atoms with Gasteiger partial charge < -0.3 is 20.1 Å². The van der Waals surface area contributed by atoms with Crippen LogP contribution in [0.3, 0.4) is 0 Å². The second-order valence-electron chi connectivity index (χ2n) is 10.4. The minimum Gasteiger partial charge on any atom is -0.455 e. The maximum atomic E-state index is 13.7. The summed E-state index contributed by atoms with van der Waals surface area (Å²) >= 11 is 0. The molecular formula is C28H31N3O8. The monoisotopic (exact) mass is 537 g/mol. The lowest BCUT2D eigenvalue weighted by molar-refractivity contribution is -0.145. The summed E-state index contributed by atoms with van der Waals surface area (Å²) in [6.07, 6.45) is -1.13. The summed E-state index contributed by atoms with van der Waals surface area (Å²) in [5.74, 6) is -3.48. The van der Waals surface area contributed by atoms with Crippen molar-refractivity contribution in [2.24, 2.45) is 5.41 Å². The van der Waals surface area contributed by atoms with Crippen LogP contribution >= 0.6 is 0 Å². The maximum absolute atomic E-state index is 13.7. The first-order valence-corrected chi connectivity index (χ1v) is 12.3. The second-order valence-corrected chi connectivity index (χ2v) is 10.4. The van der Waals surface area contributed by atoms with E-state index in [9.17, 15) is 28.8 Å². The van der Waals surface area contributed by atoms with Gasteiger partial charge >= 0.3 is 6.09 Å². The standard InChI is InChI=1S/C28H31N3O8/c1-7-19(32)23(34)29-16-13-14-20(38-17-11-9-8-10-12-17)18(15-16)30-24(35)21(22(33)27(2,3)4)31-25(36)28(5,6)39-26(31)37/h8-15,21H,7H2,1-6H3,(H,29,34)(H,30,35). The topological polar surface area (TPSA) is 148 Å². The molecule has 1 unspecified atom stereocenters. The normalized spacial score (nSPS) is 15.3. The van der Waals surface area contributed by atoms with Gasteiger partial charge in [-0.2, -0.15) is 0 Å². The molecule has 1 fully saturated rings. The second kappa shape index (κ2) is 11.1. The molecule has 2 N–H and O–H groups in total.